The Morgan fingerprint density at radius 3 is 2.29 bits per heavy atom. The topological polar surface area (TPSA) is 57.5 Å². The molecule has 0 aliphatic heterocycles. The average Bonchev–Trinajstić information content (AvgIpc) is 2.18. The normalized spacial score (nSPS) is 11.6. The van der Waals surface area contributed by atoms with Gasteiger partial charge in [-0.25, -0.2) is 8.78 Å². The van der Waals surface area contributed by atoms with Crippen molar-refractivity contribution in [2.24, 2.45) is 0 Å². The van der Waals surface area contributed by atoms with Crippen molar-refractivity contribution in [1.29, 1.82) is 0 Å². The van der Waals surface area contributed by atoms with E-state index in [9.17, 15) is 18.0 Å². The Morgan fingerprint density at radius 1 is 1.29 bits per heavy atom. The van der Waals surface area contributed by atoms with E-state index in [1.165, 1.54) is 13.8 Å². The van der Waals surface area contributed by atoms with Crippen LogP contribution in [0.1, 0.15) is 25.8 Å². The van der Waals surface area contributed by atoms with E-state index in [1.807, 2.05) is 0 Å². The summed E-state index contributed by atoms with van der Waals surface area (Å²) >= 11 is 0. The predicted octanol–water partition coefficient (Wildman–Crippen LogP) is 2.56. The van der Waals surface area contributed by atoms with E-state index in [4.69, 9.17) is 10.2 Å². The SMILES string of the molecule is CC(C)(CC(=O)O)c1cc(F)c(F)c(O)c1F. The number of halogens is 3. The maximum atomic E-state index is 13.5. The Labute approximate surface area is 95.5 Å². The molecule has 6 heteroatoms. The van der Waals surface area contributed by atoms with Crippen LogP contribution in [0, 0.1) is 17.5 Å². The van der Waals surface area contributed by atoms with Crippen LogP contribution in [0.15, 0.2) is 6.07 Å². The second-order valence-electron chi connectivity index (χ2n) is 4.34. The van der Waals surface area contributed by atoms with Crippen molar-refractivity contribution in [3.8, 4) is 5.75 Å². The Morgan fingerprint density at radius 2 is 1.82 bits per heavy atom. The molecule has 0 saturated heterocycles. The lowest BCUT2D eigenvalue weighted by Crippen LogP contribution is -2.23. The van der Waals surface area contributed by atoms with Gasteiger partial charge in [0.2, 0.25) is 5.82 Å². The molecule has 0 radical (unpaired) electrons. The van der Waals surface area contributed by atoms with Crippen molar-refractivity contribution in [1.82, 2.24) is 0 Å². The third-order valence-electron chi connectivity index (χ3n) is 2.46. The van der Waals surface area contributed by atoms with Gasteiger partial charge in [0.1, 0.15) is 0 Å². The summed E-state index contributed by atoms with van der Waals surface area (Å²) in [6.07, 6.45) is -0.478. The second kappa shape index (κ2) is 4.27. The van der Waals surface area contributed by atoms with Crippen molar-refractivity contribution < 1.29 is 28.2 Å². The minimum atomic E-state index is -1.68. The zero-order valence-electron chi connectivity index (χ0n) is 9.22. The van der Waals surface area contributed by atoms with Gasteiger partial charge in [-0.2, -0.15) is 4.39 Å². The van der Waals surface area contributed by atoms with Gasteiger partial charge in [-0.05, 0) is 6.07 Å². The van der Waals surface area contributed by atoms with Gasteiger partial charge in [0.15, 0.2) is 17.4 Å². The molecule has 0 unspecified atom stereocenters. The average molecular weight is 248 g/mol. The highest BCUT2D eigenvalue weighted by molar-refractivity contribution is 5.69. The molecule has 1 rings (SSSR count). The van der Waals surface area contributed by atoms with E-state index >= 15 is 0 Å². The van der Waals surface area contributed by atoms with E-state index in [0.29, 0.717) is 6.07 Å². The summed E-state index contributed by atoms with van der Waals surface area (Å²) in [5, 5.41) is 17.7. The molecule has 0 saturated carbocycles. The number of carbonyl (C=O) groups is 1. The fraction of sp³-hybridized carbons (Fsp3) is 0.364. The van der Waals surface area contributed by atoms with Gasteiger partial charge in [0.05, 0.1) is 6.42 Å². The van der Waals surface area contributed by atoms with E-state index in [1.54, 1.807) is 0 Å². The number of aromatic hydroxyl groups is 1. The highest BCUT2D eigenvalue weighted by Crippen LogP contribution is 2.35. The van der Waals surface area contributed by atoms with E-state index < -0.39 is 41.0 Å². The fourth-order valence-electron chi connectivity index (χ4n) is 1.56. The lowest BCUT2D eigenvalue weighted by atomic mass is 9.81. The summed E-state index contributed by atoms with van der Waals surface area (Å²) < 4.78 is 39.4. The molecule has 94 valence electrons. The molecule has 0 atom stereocenters. The van der Waals surface area contributed by atoms with Gasteiger partial charge in [0, 0.05) is 11.0 Å². The van der Waals surface area contributed by atoms with Gasteiger partial charge >= 0.3 is 5.97 Å². The molecule has 0 bridgehead atoms. The third-order valence-corrected chi connectivity index (χ3v) is 2.46. The number of phenolic OH excluding ortho intramolecular Hbond substituents is 1. The van der Waals surface area contributed by atoms with Crippen LogP contribution in [-0.4, -0.2) is 16.2 Å². The minimum Gasteiger partial charge on any atom is -0.503 e. The maximum Gasteiger partial charge on any atom is 0.304 e. The number of hydrogen-bond donors (Lipinski definition) is 2. The van der Waals surface area contributed by atoms with Crippen molar-refractivity contribution in [3.05, 3.63) is 29.1 Å². The van der Waals surface area contributed by atoms with Gasteiger partial charge in [-0.1, -0.05) is 13.8 Å². The molecule has 0 amide bonds. The third kappa shape index (κ3) is 2.51. The molecule has 1 aromatic carbocycles. The smallest absolute Gasteiger partial charge is 0.304 e. The van der Waals surface area contributed by atoms with Crippen LogP contribution in [-0.2, 0) is 10.2 Å². The quantitative estimate of drug-likeness (QED) is 0.808. The monoisotopic (exact) mass is 248 g/mol. The van der Waals surface area contributed by atoms with Crippen LogP contribution in [0.25, 0.3) is 0 Å². The number of benzene rings is 1. The molecule has 0 aliphatic rings. The lowest BCUT2D eigenvalue weighted by Gasteiger charge is -2.24. The van der Waals surface area contributed by atoms with E-state index in [-0.39, 0.29) is 5.56 Å². The van der Waals surface area contributed by atoms with Crippen LogP contribution >= 0.6 is 0 Å². The van der Waals surface area contributed by atoms with Gasteiger partial charge in [0.25, 0.3) is 0 Å². The fourth-order valence-corrected chi connectivity index (χ4v) is 1.56. The van der Waals surface area contributed by atoms with Gasteiger partial charge in [-0.15, -0.1) is 0 Å². The number of carboxylic acid groups (broad SMARTS) is 1. The highest BCUT2D eigenvalue weighted by atomic mass is 19.2. The molecule has 17 heavy (non-hydrogen) atoms. The zero-order chi connectivity index (χ0) is 13.4. The highest BCUT2D eigenvalue weighted by Gasteiger charge is 2.31. The molecular formula is C11H11F3O3. The van der Waals surface area contributed by atoms with Crippen molar-refractivity contribution in [2.75, 3.05) is 0 Å². The Bertz CT molecular complexity index is 470. The number of phenols is 1. The largest absolute Gasteiger partial charge is 0.503 e. The molecule has 0 fully saturated rings. The number of hydrogen-bond acceptors (Lipinski definition) is 2. The first-order valence-electron chi connectivity index (χ1n) is 4.75. The number of carboxylic acids is 1. The summed E-state index contributed by atoms with van der Waals surface area (Å²) in [5.41, 5.74) is -1.64. The predicted molar refractivity (Wildman–Crippen MR) is 53.3 cm³/mol. The second-order valence-corrected chi connectivity index (χ2v) is 4.34. The summed E-state index contributed by atoms with van der Waals surface area (Å²) in [5.74, 6) is -7.08. The first kappa shape index (κ1) is 13.3. The first-order chi connectivity index (χ1) is 7.66. The number of rotatable bonds is 3. The molecular weight excluding hydrogens is 237 g/mol. The van der Waals surface area contributed by atoms with Crippen LogP contribution in [0.5, 0.6) is 5.75 Å². The van der Waals surface area contributed by atoms with Gasteiger partial charge < -0.3 is 10.2 Å². The lowest BCUT2D eigenvalue weighted by molar-refractivity contribution is -0.138. The molecule has 1 aromatic rings. The molecule has 0 aromatic heterocycles. The van der Waals surface area contributed by atoms with Crippen molar-refractivity contribution >= 4 is 5.97 Å². The van der Waals surface area contributed by atoms with Crippen molar-refractivity contribution in [3.63, 3.8) is 0 Å². The summed E-state index contributed by atoms with van der Waals surface area (Å²) in [7, 11) is 0. The van der Waals surface area contributed by atoms with Crippen LogP contribution in [0.4, 0.5) is 13.2 Å². The molecule has 0 spiro atoms. The summed E-state index contributed by atoms with van der Waals surface area (Å²) in [6.45, 7) is 2.71. The zero-order valence-corrected chi connectivity index (χ0v) is 9.22. The maximum absolute atomic E-state index is 13.5. The van der Waals surface area contributed by atoms with Crippen LogP contribution in [0.2, 0.25) is 0 Å². The van der Waals surface area contributed by atoms with Crippen LogP contribution < -0.4 is 0 Å². The van der Waals surface area contributed by atoms with Gasteiger partial charge in [-0.3, -0.25) is 4.79 Å². The Hall–Kier alpha value is -1.72. The molecule has 0 heterocycles. The van der Waals surface area contributed by atoms with Crippen LogP contribution in [0.3, 0.4) is 0 Å². The Balaban J connectivity index is 3.37. The first-order valence-corrected chi connectivity index (χ1v) is 4.75. The Kier molecular flexibility index (Phi) is 3.35. The van der Waals surface area contributed by atoms with Crippen molar-refractivity contribution in [2.45, 2.75) is 25.7 Å². The summed E-state index contributed by atoms with van der Waals surface area (Å²) in [6, 6.07) is 0.563. The number of aliphatic carboxylic acids is 1. The van der Waals surface area contributed by atoms with E-state index in [0.717, 1.165) is 0 Å². The molecule has 2 N–H and O–H groups in total. The standard InChI is InChI=1S/C11H11F3O3/c1-11(2,4-7(15)16)5-3-6(12)9(14)10(17)8(5)13/h3,17H,4H2,1-2H3,(H,15,16). The summed E-state index contributed by atoms with van der Waals surface area (Å²) in [4.78, 5) is 10.6. The minimum absolute atomic E-state index is 0.378. The van der Waals surface area contributed by atoms with E-state index in [2.05, 4.69) is 0 Å². The molecule has 3 nitrogen and oxygen atoms in total. The molecule has 0 aliphatic carbocycles.